The molecule has 12 rings (SSSR count). The Kier molecular flexibility index (Phi) is 8.90. The Bertz CT molecular complexity index is 3650. The molecule has 0 aliphatic carbocycles. The fraction of sp³-hybridized carbons (Fsp3) is 0. The highest BCUT2D eigenvalue weighted by Gasteiger charge is 2.23. The zero-order valence-electron chi connectivity index (χ0n) is 34.6. The lowest BCUT2D eigenvalue weighted by Gasteiger charge is -2.28. The van der Waals surface area contributed by atoms with Crippen molar-refractivity contribution < 1.29 is 0 Å². The van der Waals surface area contributed by atoms with Gasteiger partial charge in [-0.15, -0.1) is 0 Å². The van der Waals surface area contributed by atoms with E-state index in [0.717, 1.165) is 17.1 Å². The van der Waals surface area contributed by atoms with Crippen molar-refractivity contribution in [2.75, 3.05) is 4.90 Å². The van der Waals surface area contributed by atoms with E-state index in [1.54, 1.807) is 0 Å². The van der Waals surface area contributed by atoms with Crippen LogP contribution >= 0.6 is 0 Å². The van der Waals surface area contributed by atoms with E-state index in [4.69, 9.17) is 0 Å². The van der Waals surface area contributed by atoms with Crippen LogP contribution in [0.15, 0.2) is 249 Å². The Balaban J connectivity index is 1.13. The highest BCUT2D eigenvalue weighted by molar-refractivity contribution is 6.33. The molecule has 0 radical (unpaired) electrons. The van der Waals surface area contributed by atoms with Crippen LogP contribution in [0.1, 0.15) is 0 Å². The van der Waals surface area contributed by atoms with Gasteiger partial charge in [-0.2, -0.15) is 0 Å². The largest absolute Gasteiger partial charge is 0.310 e. The second kappa shape index (κ2) is 15.3. The zero-order chi connectivity index (χ0) is 41.7. The first kappa shape index (κ1) is 36.6. The van der Waals surface area contributed by atoms with Gasteiger partial charge in [0.05, 0.1) is 5.69 Å². The maximum Gasteiger partial charge on any atom is 0.0540 e. The monoisotopic (exact) mass is 799 g/mol. The van der Waals surface area contributed by atoms with Crippen molar-refractivity contribution in [1.29, 1.82) is 0 Å². The summed E-state index contributed by atoms with van der Waals surface area (Å²) in [5.74, 6) is 0. The molecule has 0 heterocycles. The highest BCUT2D eigenvalue weighted by atomic mass is 15.1. The van der Waals surface area contributed by atoms with Crippen molar-refractivity contribution in [2.24, 2.45) is 0 Å². The maximum atomic E-state index is 2.44. The lowest BCUT2D eigenvalue weighted by Crippen LogP contribution is -2.10. The molecule has 0 aliphatic rings. The van der Waals surface area contributed by atoms with Gasteiger partial charge >= 0.3 is 0 Å². The molecule has 294 valence electrons. The normalized spacial score (nSPS) is 11.5. The van der Waals surface area contributed by atoms with E-state index in [-0.39, 0.29) is 0 Å². The highest BCUT2D eigenvalue weighted by Crippen LogP contribution is 2.50. The molecule has 0 bridgehead atoms. The lowest BCUT2D eigenvalue weighted by molar-refractivity contribution is 1.30. The van der Waals surface area contributed by atoms with Gasteiger partial charge in [-0.1, -0.05) is 206 Å². The first-order valence-electron chi connectivity index (χ1n) is 21.8. The Hall–Kier alpha value is -8.26. The molecule has 0 N–H and O–H groups in total. The minimum Gasteiger partial charge on any atom is -0.310 e. The molecule has 0 fully saturated rings. The van der Waals surface area contributed by atoms with Crippen LogP contribution in [-0.2, 0) is 0 Å². The number of nitrogens with zero attached hydrogens (tertiary/aromatic N) is 1. The minimum atomic E-state index is 1.12. The quantitative estimate of drug-likeness (QED) is 0.145. The van der Waals surface area contributed by atoms with Gasteiger partial charge in [0.15, 0.2) is 0 Å². The lowest BCUT2D eigenvalue weighted by atomic mass is 9.81. The summed E-state index contributed by atoms with van der Waals surface area (Å²) in [5, 5.41) is 12.4. The first-order chi connectivity index (χ1) is 31.3. The first-order valence-corrected chi connectivity index (χ1v) is 21.8. The van der Waals surface area contributed by atoms with E-state index in [1.807, 2.05) is 0 Å². The molecule has 1 nitrogen and oxygen atoms in total. The van der Waals surface area contributed by atoms with Crippen molar-refractivity contribution >= 4 is 70.9 Å². The van der Waals surface area contributed by atoms with E-state index in [0.29, 0.717) is 0 Å². The van der Waals surface area contributed by atoms with Crippen molar-refractivity contribution in [3.05, 3.63) is 249 Å². The smallest absolute Gasteiger partial charge is 0.0540 e. The molecule has 0 spiro atoms. The van der Waals surface area contributed by atoms with Gasteiger partial charge in [0, 0.05) is 16.8 Å². The third-order valence-electron chi connectivity index (χ3n) is 12.8. The van der Waals surface area contributed by atoms with Crippen molar-refractivity contribution in [3.63, 3.8) is 0 Å². The molecule has 0 aliphatic heterocycles. The Morgan fingerprint density at radius 2 is 0.794 bits per heavy atom. The molecule has 0 saturated carbocycles. The van der Waals surface area contributed by atoms with Crippen LogP contribution in [0.25, 0.3) is 98.4 Å². The summed E-state index contributed by atoms with van der Waals surface area (Å²) in [6.07, 6.45) is 0. The van der Waals surface area contributed by atoms with Gasteiger partial charge in [-0.3, -0.25) is 0 Å². The van der Waals surface area contributed by atoms with Crippen molar-refractivity contribution in [1.82, 2.24) is 0 Å². The summed E-state index contributed by atoms with van der Waals surface area (Å²) in [6.45, 7) is 0. The summed E-state index contributed by atoms with van der Waals surface area (Å²) >= 11 is 0. The number of hydrogen-bond donors (Lipinski definition) is 0. The third kappa shape index (κ3) is 6.25. The molecular weight excluding hydrogens is 759 g/mol. The van der Waals surface area contributed by atoms with Crippen LogP contribution < -0.4 is 4.90 Å². The van der Waals surface area contributed by atoms with E-state index >= 15 is 0 Å². The van der Waals surface area contributed by atoms with E-state index < -0.39 is 0 Å². The summed E-state index contributed by atoms with van der Waals surface area (Å²) in [4.78, 5) is 2.40. The topological polar surface area (TPSA) is 3.24 Å². The maximum absolute atomic E-state index is 2.44. The molecular formula is C62H41N. The molecule has 0 saturated heterocycles. The zero-order valence-corrected chi connectivity index (χ0v) is 34.6. The van der Waals surface area contributed by atoms with Gasteiger partial charge in [0.25, 0.3) is 0 Å². The predicted octanol–water partition coefficient (Wildman–Crippen LogP) is 17.6. The molecule has 0 amide bonds. The number of hydrogen-bond acceptors (Lipinski definition) is 1. The predicted molar refractivity (Wildman–Crippen MR) is 270 cm³/mol. The molecule has 12 aromatic carbocycles. The number of para-hydroxylation sites is 1. The van der Waals surface area contributed by atoms with Crippen LogP contribution in [0.3, 0.4) is 0 Å². The molecule has 0 aromatic heterocycles. The van der Waals surface area contributed by atoms with Gasteiger partial charge < -0.3 is 4.90 Å². The Labute approximate surface area is 367 Å². The van der Waals surface area contributed by atoms with Crippen molar-refractivity contribution in [2.45, 2.75) is 0 Å². The standard InChI is InChI=1S/C62H41N/c1-5-20-43(21-6-1)56-41-57(44-22-7-2-8-23-44)61-55-36-34-47(40-58(55)52-30-16-18-32-54(52)62(61)60(56)45-24-9-3-10-25-45)50-37-38-59(53-31-17-15-29-51(50)53)63(48-27-11-4-12-28-48)49-35-33-42-19-13-14-26-46(42)39-49/h1-41H. The Morgan fingerprint density at radius 1 is 0.238 bits per heavy atom. The summed E-state index contributed by atoms with van der Waals surface area (Å²) in [5.41, 5.74) is 13.1. The molecule has 63 heavy (non-hydrogen) atoms. The second-order valence-corrected chi connectivity index (χ2v) is 16.4. The van der Waals surface area contributed by atoms with Crippen molar-refractivity contribution in [3.8, 4) is 44.5 Å². The number of benzene rings is 12. The number of fused-ring (bicyclic) bond motifs is 8. The second-order valence-electron chi connectivity index (χ2n) is 16.4. The summed E-state index contributed by atoms with van der Waals surface area (Å²) in [7, 11) is 0. The molecule has 0 unspecified atom stereocenters. The molecule has 1 heteroatoms. The van der Waals surface area contributed by atoms with Crippen LogP contribution in [0.4, 0.5) is 17.1 Å². The Morgan fingerprint density at radius 3 is 1.51 bits per heavy atom. The molecule has 0 atom stereocenters. The summed E-state index contributed by atoms with van der Waals surface area (Å²) < 4.78 is 0. The minimum absolute atomic E-state index is 1.12. The van der Waals surface area contributed by atoms with Crippen LogP contribution in [0.5, 0.6) is 0 Å². The summed E-state index contributed by atoms with van der Waals surface area (Å²) in [6, 6.07) is 91.1. The SMILES string of the molecule is c1ccc(-c2cc(-c3ccccc3)c3c4ccc(-c5ccc(N(c6ccccc6)c6ccc7ccccc7c6)c6ccccc56)cc4c4ccccc4c3c2-c2ccccc2)cc1. The fourth-order valence-corrected chi connectivity index (χ4v) is 9.97. The van der Waals surface area contributed by atoms with Gasteiger partial charge in [-0.25, -0.2) is 0 Å². The molecule has 12 aromatic rings. The van der Waals surface area contributed by atoms with E-state index in [9.17, 15) is 0 Å². The van der Waals surface area contributed by atoms with Gasteiger partial charge in [0.1, 0.15) is 0 Å². The average Bonchev–Trinajstić information content (AvgIpc) is 3.37. The average molecular weight is 800 g/mol. The van der Waals surface area contributed by atoms with Gasteiger partial charge in [0.2, 0.25) is 0 Å². The third-order valence-corrected chi connectivity index (χ3v) is 12.8. The van der Waals surface area contributed by atoms with Crippen LogP contribution in [-0.4, -0.2) is 0 Å². The van der Waals surface area contributed by atoms with Crippen LogP contribution in [0.2, 0.25) is 0 Å². The van der Waals surface area contributed by atoms with Crippen LogP contribution in [0, 0.1) is 0 Å². The van der Waals surface area contributed by atoms with E-state index in [2.05, 4.69) is 254 Å². The number of rotatable bonds is 7. The number of anilines is 3. The fourth-order valence-electron chi connectivity index (χ4n) is 9.97. The van der Waals surface area contributed by atoms with Gasteiger partial charge in [-0.05, 0) is 135 Å². The van der Waals surface area contributed by atoms with E-state index in [1.165, 1.54) is 98.4 Å².